The molecule has 9 heavy (non-hydrogen) atoms. The molecule has 0 aromatic carbocycles. The lowest BCUT2D eigenvalue weighted by atomic mass is 10.3. The van der Waals surface area contributed by atoms with Gasteiger partial charge in [0.2, 0.25) is 0 Å². The third-order valence-corrected chi connectivity index (χ3v) is 0.826. The molecule has 0 amide bonds. The third-order valence-electron chi connectivity index (χ3n) is 0.826. The molecule has 0 rings (SSSR count). The van der Waals surface area contributed by atoms with Gasteiger partial charge in [-0.25, -0.2) is 0 Å². The third kappa shape index (κ3) is 36.5. The molecule has 0 saturated heterocycles. The Morgan fingerprint density at radius 3 is 1.67 bits per heavy atom. The highest BCUT2D eigenvalue weighted by atomic mass is 13.7. The zero-order valence-corrected chi connectivity index (χ0v) is 6.85. The van der Waals surface area contributed by atoms with Crippen molar-refractivity contribution in [3.8, 4) is 0 Å². The molecule has 54 valence electrons. The summed E-state index contributed by atoms with van der Waals surface area (Å²) >= 11 is 0. The normalized spacial score (nSPS) is 8.33. The van der Waals surface area contributed by atoms with E-state index in [-0.39, 0.29) is 0 Å². The van der Waals surface area contributed by atoms with Crippen molar-refractivity contribution in [2.24, 2.45) is 0 Å². The molecule has 0 aromatic heterocycles. The lowest BCUT2D eigenvalue weighted by molar-refractivity contribution is 0.961. The first-order valence-corrected chi connectivity index (χ1v) is 3.51. The first kappa shape index (κ1) is 11.3. The maximum atomic E-state index is 3.55. The summed E-state index contributed by atoms with van der Waals surface area (Å²) in [4.78, 5) is 0. The van der Waals surface area contributed by atoms with Crippen molar-refractivity contribution < 1.29 is 0 Å². The second kappa shape index (κ2) is 15.6. The Hall–Kier alpha value is -0.520. The van der Waals surface area contributed by atoms with Crippen LogP contribution in [0.1, 0.15) is 33.6 Å². The minimum Gasteiger partial charge on any atom is -0.103 e. The molecular formula is C9H18. The van der Waals surface area contributed by atoms with Crippen LogP contribution in [-0.2, 0) is 0 Å². The van der Waals surface area contributed by atoms with Gasteiger partial charge in [0.25, 0.3) is 0 Å². The maximum absolute atomic E-state index is 3.55. The van der Waals surface area contributed by atoms with E-state index in [4.69, 9.17) is 0 Å². The Morgan fingerprint density at radius 1 is 1.22 bits per heavy atom. The monoisotopic (exact) mass is 126 g/mol. The summed E-state index contributed by atoms with van der Waals surface area (Å²) in [6, 6.07) is 0. The van der Waals surface area contributed by atoms with Gasteiger partial charge in [0.05, 0.1) is 0 Å². The second-order valence-corrected chi connectivity index (χ2v) is 1.74. The number of hydrogen-bond acceptors (Lipinski definition) is 0. The van der Waals surface area contributed by atoms with Crippen LogP contribution in [0.4, 0.5) is 0 Å². The first-order valence-electron chi connectivity index (χ1n) is 3.51. The summed E-state index contributed by atoms with van der Waals surface area (Å²) in [5.74, 6) is 0. The summed E-state index contributed by atoms with van der Waals surface area (Å²) < 4.78 is 0. The van der Waals surface area contributed by atoms with Crippen LogP contribution in [0.3, 0.4) is 0 Å². The van der Waals surface area contributed by atoms with Crippen LogP contribution in [0.25, 0.3) is 0 Å². The fraction of sp³-hybridized carbons (Fsp3) is 0.556. The minimum atomic E-state index is 1.15. The van der Waals surface area contributed by atoms with Gasteiger partial charge in [-0.3, -0.25) is 0 Å². The van der Waals surface area contributed by atoms with Gasteiger partial charge in [-0.15, -0.1) is 6.58 Å². The molecule has 0 unspecified atom stereocenters. The molecule has 0 aliphatic carbocycles. The molecule has 0 aliphatic rings. The molecule has 0 atom stereocenters. The average molecular weight is 126 g/mol. The van der Waals surface area contributed by atoms with Crippen molar-refractivity contribution in [1.29, 1.82) is 0 Å². The van der Waals surface area contributed by atoms with Crippen molar-refractivity contribution in [2.45, 2.75) is 33.6 Å². The van der Waals surface area contributed by atoms with Crippen LogP contribution in [0.5, 0.6) is 0 Å². The van der Waals surface area contributed by atoms with Crippen molar-refractivity contribution >= 4 is 0 Å². The number of unbranched alkanes of at least 4 members (excludes halogenated alkanes) is 1. The molecule has 0 spiro atoms. The lowest BCUT2D eigenvalue weighted by Gasteiger charge is -1.72. The standard InChI is InChI=1S/C5H10.C4H8/c1-3-5-4-2;1-3-4-2/h3H,1,4-5H2,2H3;3-4H,1-2H3. The van der Waals surface area contributed by atoms with Crippen molar-refractivity contribution in [3.05, 3.63) is 24.8 Å². The Balaban J connectivity index is 0. The number of allylic oxidation sites excluding steroid dienone is 3. The highest BCUT2D eigenvalue weighted by molar-refractivity contribution is 4.68. The quantitative estimate of drug-likeness (QED) is 0.496. The molecule has 0 saturated carbocycles. The van der Waals surface area contributed by atoms with E-state index in [0.29, 0.717) is 0 Å². The Kier molecular flexibility index (Phi) is 19.6. The first-order chi connectivity index (χ1) is 4.33. The molecular weight excluding hydrogens is 108 g/mol. The van der Waals surface area contributed by atoms with Crippen LogP contribution < -0.4 is 0 Å². The Bertz CT molecular complexity index is 56.4. The molecule has 0 heteroatoms. The molecule has 0 aliphatic heterocycles. The molecule has 0 bridgehead atoms. The predicted molar refractivity (Wildman–Crippen MR) is 45.6 cm³/mol. The van der Waals surface area contributed by atoms with Gasteiger partial charge >= 0.3 is 0 Å². The minimum absolute atomic E-state index is 1.15. The SMILES string of the molecule is C=CCCC.CC=CC. The van der Waals surface area contributed by atoms with E-state index in [1.54, 1.807) is 0 Å². The topological polar surface area (TPSA) is 0 Å². The lowest BCUT2D eigenvalue weighted by Crippen LogP contribution is -1.52. The van der Waals surface area contributed by atoms with E-state index in [1.165, 1.54) is 6.42 Å². The van der Waals surface area contributed by atoms with Crippen LogP contribution in [0.2, 0.25) is 0 Å². The van der Waals surface area contributed by atoms with Crippen LogP contribution >= 0.6 is 0 Å². The van der Waals surface area contributed by atoms with Gasteiger partial charge in [0.1, 0.15) is 0 Å². The molecule has 0 nitrogen and oxygen atoms in total. The van der Waals surface area contributed by atoms with E-state index in [1.807, 2.05) is 32.1 Å². The Morgan fingerprint density at radius 2 is 1.67 bits per heavy atom. The fourth-order valence-electron chi connectivity index (χ4n) is 0.204. The average Bonchev–Trinajstić information content (AvgIpc) is 1.91. The molecule has 0 radical (unpaired) electrons. The van der Waals surface area contributed by atoms with Crippen LogP contribution in [0.15, 0.2) is 24.8 Å². The van der Waals surface area contributed by atoms with E-state index in [9.17, 15) is 0 Å². The zero-order chi connectivity index (χ0) is 7.54. The molecule has 0 fully saturated rings. The smallest absolute Gasteiger partial charge is 0.0356 e. The number of rotatable bonds is 2. The summed E-state index contributed by atoms with van der Waals surface area (Å²) in [6.45, 7) is 9.69. The highest BCUT2D eigenvalue weighted by Gasteiger charge is 1.61. The molecule has 0 aromatic rings. The van der Waals surface area contributed by atoms with Crippen LogP contribution in [-0.4, -0.2) is 0 Å². The van der Waals surface area contributed by atoms with Gasteiger partial charge in [-0.05, 0) is 20.3 Å². The number of hydrogen-bond donors (Lipinski definition) is 0. The molecule has 0 heterocycles. The Labute approximate surface area is 59.3 Å². The zero-order valence-electron chi connectivity index (χ0n) is 6.85. The van der Waals surface area contributed by atoms with Crippen LogP contribution in [0, 0.1) is 0 Å². The molecule has 0 N–H and O–H groups in total. The largest absolute Gasteiger partial charge is 0.103 e. The van der Waals surface area contributed by atoms with Gasteiger partial charge in [0.15, 0.2) is 0 Å². The fourth-order valence-corrected chi connectivity index (χ4v) is 0.204. The van der Waals surface area contributed by atoms with Crippen molar-refractivity contribution in [1.82, 2.24) is 0 Å². The van der Waals surface area contributed by atoms with Crippen molar-refractivity contribution in [2.75, 3.05) is 0 Å². The summed E-state index contributed by atoms with van der Waals surface area (Å²) in [6.07, 6.45) is 8.31. The maximum Gasteiger partial charge on any atom is -0.0356 e. The highest BCUT2D eigenvalue weighted by Crippen LogP contribution is 1.82. The summed E-state index contributed by atoms with van der Waals surface area (Å²) in [5, 5.41) is 0. The van der Waals surface area contributed by atoms with Gasteiger partial charge in [0, 0.05) is 0 Å². The summed E-state index contributed by atoms with van der Waals surface area (Å²) in [7, 11) is 0. The van der Waals surface area contributed by atoms with E-state index in [2.05, 4.69) is 13.5 Å². The van der Waals surface area contributed by atoms with E-state index < -0.39 is 0 Å². The van der Waals surface area contributed by atoms with Gasteiger partial charge < -0.3 is 0 Å². The van der Waals surface area contributed by atoms with E-state index >= 15 is 0 Å². The predicted octanol–water partition coefficient (Wildman–Crippen LogP) is 3.55. The van der Waals surface area contributed by atoms with Gasteiger partial charge in [-0.1, -0.05) is 31.6 Å². The summed E-state index contributed by atoms with van der Waals surface area (Å²) in [5.41, 5.74) is 0. The van der Waals surface area contributed by atoms with Crippen molar-refractivity contribution in [3.63, 3.8) is 0 Å². The van der Waals surface area contributed by atoms with Gasteiger partial charge in [-0.2, -0.15) is 0 Å². The second-order valence-electron chi connectivity index (χ2n) is 1.74. The van der Waals surface area contributed by atoms with E-state index in [0.717, 1.165) is 6.42 Å².